The summed E-state index contributed by atoms with van der Waals surface area (Å²) >= 11 is 7.74. The van der Waals surface area contributed by atoms with E-state index in [2.05, 4.69) is 23.6 Å². The van der Waals surface area contributed by atoms with Crippen molar-refractivity contribution in [1.82, 2.24) is 9.80 Å². The summed E-state index contributed by atoms with van der Waals surface area (Å²) in [6.45, 7) is 4.93. The third-order valence-corrected chi connectivity index (χ3v) is 6.06. The third-order valence-electron chi connectivity index (χ3n) is 4.87. The molecule has 6 heteroatoms. The minimum absolute atomic E-state index is 0.0279. The first-order valence-corrected chi connectivity index (χ1v) is 10.7. The van der Waals surface area contributed by atoms with Gasteiger partial charge in [-0.2, -0.15) is 0 Å². The number of hydrogen-bond acceptors (Lipinski definition) is 3. The van der Waals surface area contributed by atoms with Gasteiger partial charge in [0.1, 0.15) is 5.38 Å². The molecular formula is C21H25ClN2O2S. The smallest absolute Gasteiger partial charge is 0.242 e. The van der Waals surface area contributed by atoms with Gasteiger partial charge in [0.2, 0.25) is 11.8 Å². The number of hydrogen-bond donors (Lipinski definition) is 0. The van der Waals surface area contributed by atoms with Gasteiger partial charge in [0.25, 0.3) is 0 Å². The molecule has 1 aliphatic heterocycles. The molecule has 4 nitrogen and oxygen atoms in total. The van der Waals surface area contributed by atoms with E-state index in [-0.39, 0.29) is 24.4 Å². The quantitative estimate of drug-likeness (QED) is 0.680. The van der Waals surface area contributed by atoms with E-state index in [0.29, 0.717) is 13.1 Å². The van der Waals surface area contributed by atoms with Gasteiger partial charge in [0.05, 0.1) is 12.6 Å². The van der Waals surface area contributed by atoms with E-state index in [1.54, 1.807) is 23.2 Å². The molecule has 2 heterocycles. The van der Waals surface area contributed by atoms with Gasteiger partial charge in [-0.3, -0.25) is 9.59 Å². The molecular weight excluding hydrogens is 380 g/mol. The number of benzene rings is 1. The Morgan fingerprint density at radius 2 is 2.04 bits per heavy atom. The number of halogens is 1. The van der Waals surface area contributed by atoms with Crippen molar-refractivity contribution in [3.63, 3.8) is 0 Å². The van der Waals surface area contributed by atoms with E-state index in [9.17, 15) is 9.59 Å². The van der Waals surface area contributed by atoms with Crippen LogP contribution in [0.4, 0.5) is 0 Å². The topological polar surface area (TPSA) is 40.6 Å². The lowest BCUT2D eigenvalue weighted by atomic mass is 9.93. The summed E-state index contributed by atoms with van der Waals surface area (Å²) in [4.78, 5) is 30.4. The van der Waals surface area contributed by atoms with E-state index in [0.717, 1.165) is 18.4 Å². The van der Waals surface area contributed by atoms with Crippen molar-refractivity contribution in [3.8, 4) is 0 Å². The molecule has 0 saturated carbocycles. The zero-order chi connectivity index (χ0) is 19.4. The van der Waals surface area contributed by atoms with Crippen LogP contribution in [0.25, 0.3) is 0 Å². The highest BCUT2D eigenvalue weighted by Crippen LogP contribution is 2.37. The Morgan fingerprint density at radius 1 is 1.30 bits per heavy atom. The molecule has 0 aliphatic carbocycles. The summed E-state index contributed by atoms with van der Waals surface area (Å²) in [5.41, 5.74) is 2.30. The molecule has 0 N–H and O–H groups in total. The summed E-state index contributed by atoms with van der Waals surface area (Å²) in [6.07, 6.45) is 1.65. The molecule has 144 valence electrons. The van der Waals surface area contributed by atoms with Gasteiger partial charge in [0, 0.05) is 18.0 Å². The van der Waals surface area contributed by atoms with Crippen molar-refractivity contribution in [3.05, 3.63) is 57.8 Å². The number of alkyl halides is 1. The van der Waals surface area contributed by atoms with Crippen molar-refractivity contribution >= 4 is 34.8 Å². The SMILES string of the molecule is CCCN(CC(=O)N1CCc2sccc2[C@H]1c1ccccc1)C(=O)[C@H](C)Cl. The van der Waals surface area contributed by atoms with E-state index < -0.39 is 5.38 Å². The number of carbonyl (C=O) groups excluding carboxylic acids is 2. The van der Waals surface area contributed by atoms with Gasteiger partial charge < -0.3 is 9.80 Å². The Labute approximate surface area is 169 Å². The first kappa shape index (κ1) is 19.9. The van der Waals surface area contributed by atoms with E-state index in [1.165, 1.54) is 10.4 Å². The standard InChI is InChI=1S/C21H25ClN2O2S/c1-3-11-23(21(26)15(2)22)14-19(25)24-12-9-18-17(10-13-27-18)20(24)16-7-5-4-6-8-16/h4-8,10,13,15,20H,3,9,11-12,14H2,1-2H3/t15-,20+/m0/s1. The fourth-order valence-corrected chi connectivity index (χ4v) is 4.66. The number of carbonyl (C=O) groups is 2. The Bertz CT molecular complexity index is 790. The molecule has 1 aromatic heterocycles. The molecule has 2 amide bonds. The van der Waals surface area contributed by atoms with Gasteiger partial charge in [-0.1, -0.05) is 37.3 Å². The lowest BCUT2D eigenvalue weighted by molar-refractivity contribution is -0.141. The summed E-state index contributed by atoms with van der Waals surface area (Å²) in [5.74, 6) is -0.212. The molecule has 2 aromatic rings. The molecule has 1 aliphatic rings. The minimum atomic E-state index is -0.626. The van der Waals surface area contributed by atoms with Gasteiger partial charge >= 0.3 is 0 Å². The molecule has 0 spiro atoms. The van der Waals surface area contributed by atoms with Crippen LogP contribution in [0.5, 0.6) is 0 Å². The highest BCUT2D eigenvalue weighted by molar-refractivity contribution is 7.10. The summed E-state index contributed by atoms with van der Waals surface area (Å²) < 4.78 is 0. The average molecular weight is 405 g/mol. The number of amides is 2. The van der Waals surface area contributed by atoms with Crippen LogP contribution in [0, 0.1) is 0 Å². The second-order valence-electron chi connectivity index (χ2n) is 6.83. The van der Waals surface area contributed by atoms with Crippen LogP contribution < -0.4 is 0 Å². The lowest BCUT2D eigenvalue weighted by Gasteiger charge is -2.37. The monoisotopic (exact) mass is 404 g/mol. The van der Waals surface area contributed by atoms with Crippen LogP contribution in [0.2, 0.25) is 0 Å². The highest BCUT2D eigenvalue weighted by atomic mass is 35.5. The average Bonchev–Trinajstić information content (AvgIpc) is 3.15. The molecule has 2 atom stereocenters. The zero-order valence-electron chi connectivity index (χ0n) is 15.7. The van der Waals surface area contributed by atoms with Crippen LogP contribution in [-0.4, -0.2) is 46.6 Å². The molecule has 1 aromatic carbocycles. The van der Waals surface area contributed by atoms with Crippen LogP contribution in [0.3, 0.4) is 0 Å². The fraction of sp³-hybridized carbons (Fsp3) is 0.429. The Balaban J connectivity index is 1.87. The van der Waals surface area contributed by atoms with Crippen molar-refractivity contribution in [2.75, 3.05) is 19.6 Å². The van der Waals surface area contributed by atoms with E-state index in [1.807, 2.05) is 30.0 Å². The maximum atomic E-state index is 13.2. The third kappa shape index (κ3) is 4.36. The number of thiophene rings is 1. The normalized spacial score (nSPS) is 17.3. The Hall–Kier alpha value is -1.85. The highest BCUT2D eigenvalue weighted by Gasteiger charge is 2.34. The second-order valence-corrected chi connectivity index (χ2v) is 8.48. The van der Waals surface area contributed by atoms with Crippen LogP contribution in [0.15, 0.2) is 41.8 Å². The second kappa shape index (κ2) is 8.89. The molecule has 0 radical (unpaired) electrons. The predicted molar refractivity (Wildman–Crippen MR) is 110 cm³/mol. The van der Waals surface area contributed by atoms with Crippen LogP contribution in [-0.2, 0) is 16.0 Å². The molecule has 27 heavy (non-hydrogen) atoms. The van der Waals surface area contributed by atoms with Crippen molar-refractivity contribution in [1.29, 1.82) is 0 Å². The molecule has 0 saturated heterocycles. The molecule has 0 unspecified atom stereocenters. The number of nitrogens with zero attached hydrogens (tertiary/aromatic N) is 2. The van der Waals surface area contributed by atoms with Crippen molar-refractivity contribution < 1.29 is 9.59 Å². The maximum absolute atomic E-state index is 13.2. The fourth-order valence-electron chi connectivity index (χ4n) is 3.62. The lowest BCUT2D eigenvalue weighted by Crippen LogP contribution is -2.48. The molecule has 3 rings (SSSR count). The largest absolute Gasteiger partial charge is 0.332 e. The summed E-state index contributed by atoms with van der Waals surface area (Å²) in [5, 5.41) is 1.47. The number of rotatable bonds is 6. The zero-order valence-corrected chi connectivity index (χ0v) is 17.3. The van der Waals surface area contributed by atoms with Crippen molar-refractivity contribution in [2.45, 2.75) is 38.1 Å². The molecule has 0 fully saturated rings. The van der Waals surface area contributed by atoms with Crippen LogP contribution in [0.1, 0.15) is 42.3 Å². The first-order chi connectivity index (χ1) is 13.0. The molecule has 0 bridgehead atoms. The summed E-state index contributed by atoms with van der Waals surface area (Å²) in [6, 6.07) is 12.1. The Morgan fingerprint density at radius 3 is 2.70 bits per heavy atom. The van der Waals surface area contributed by atoms with E-state index in [4.69, 9.17) is 11.6 Å². The van der Waals surface area contributed by atoms with E-state index >= 15 is 0 Å². The van der Waals surface area contributed by atoms with Gasteiger partial charge in [0.15, 0.2) is 0 Å². The maximum Gasteiger partial charge on any atom is 0.242 e. The van der Waals surface area contributed by atoms with Gasteiger partial charge in [-0.25, -0.2) is 0 Å². The van der Waals surface area contributed by atoms with Crippen LogP contribution >= 0.6 is 22.9 Å². The van der Waals surface area contributed by atoms with Crippen molar-refractivity contribution in [2.24, 2.45) is 0 Å². The Kier molecular flexibility index (Phi) is 6.55. The first-order valence-electron chi connectivity index (χ1n) is 9.36. The minimum Gasteiger partial charge on any atom is -0.332 e. The van der Waals surface area contributed by atoms with Gasteiger partial charge in [-0.05, 0) is 42.3 Å². The summed E-state index contributed by atoms with van der Waals surface area (Å²) in [7, 11) is 0. The predicted octanol–water partition coefficient (Wildman–Crippen LogP) is 4.09. The number of fused-ring (bicyclic) bond motifs is 1. The van der Waals surface area contributed by atoms with Gasteiger partial charge in [-0.15, -0.1) is 22.9 Å².